The number of thioether (sulfide) groups is 1. The number of benzene rings is 3. The van der Waals surface area contributed by atoms with Crippen LogP contribution in [0.5, 0.6) is 17.2 Å². The maximum Gasteiger partial charge on any atom is 0.343 e. The van der Waals surface area contributed by atoms with Crippen LogP contribution in [-0.2, 0) is 16.0 Å². The molecule has 34 heavy (non-hydrogen) atoms. The van der Waals surface area contributed by atoms with Crippen molar-refractivity contribution in [3.8, 4) is 17.2 Å². The van der Waals surface area contributed by atoms with Crippen LogP contribution in [0.2, 0.25) is 0 Å². The van der Waals surface area contributed by atoms with E-state index in [1.165, 1.54) is 0 Å². The van der Waals surface area contributed by atoms with Crippen molar-refractivity contribution in [1.82, 2.24) is 5.32 Å². The van der Waals surface area contributed by atoms with E-state index >= 15 is 0 Å². The van der Waals surface area contributed by atoms with E-state index in [1.807, 2.05) is 12.1 Å². The van der Waals surface area contributed by atoms with E-state index in [1.54, 1.807) is 66.7 Å². The van der Waals surface area contributed by atoms with Gasteiger partial charge >= 0.3 is 5.97 Å². The number of hydrogen-bond donors (Lipinski definition) is 1. The Labute approximate surface area is 201 Å². The summed E-state index contributed by atoms with van der Waals surface area (Å²) in [6.07, 6.45) is 2.56. The largest absolute Gasteiger partial charge is 0.457 e. The summed E-state index contributed by atoms with van der Waals surface area (Å²) in [5.74, 6) is 0.751. The average Bonchev–Trinajstić information content (AvgIpc) is 3.17. The number of nitrogens with one attached hydrogen (secondary N) is 1. The first-order valence-electron chi connectivity index (χ1n) is 10.5. The zero-order valence-electron chi connectivity index (χ0n) is 18.4. The van der Waals surface area contributed by atoms with Crippen molar-refractivity contribution in [2.75, 3.05) is 0 Å². The Bertz CT molecular complexity index is 1280. The van der Waals surface area contributed by atoms with Gasteiger partial charge in [-0.2, -0.15) is 0 Å². The fourth-order valence-corrected chi connectivity index (χ4v) is 3.83. The second kappa shape index (κ2) is 10.2. The summed E-state index contributed by atoms with van der Waals surface area (Å²) >= 11 is 0.873. The van der Waals surface area contributed by atoms with Gasteiger partial charge in [-0.25, -0.2) is 4.79 Å². The van der Waals surface area contributed by atoms with Crippen LogP contribution >= 0.6 is 11.8 Å². The van der Waals surface area contributed by atoms with Crippen LogP contribution in [0.3, 0.4) is 0 Å². The Morgan fingerprint density at radius 3 is 2.06 bits per heavy atom. The van der Waals surface area contributed by atoms with Gasteiger partial charge in [-0.3, -0.25) is 14.9 Å². The highest BCUT2D eigenvalue weighted by molar-refractivity contribution is 8.18. The lowest BCUT2D eigenvalue weighted by molar-refractivity contribution is -0.128. The maximum absolute atomic E-state index is 12.4. The molecule has 0 radical (unpaired) electrons. The molecular weight excluding hydrogens is 450 g/mol. The lowest BCUT2D eigenvalue weighted by Gasteiger charge is -2.09. The molecule has 7 heteroatoms. The van der Waals surface area contributed by atoms with Gasteiger partial charge in [-0.05, 0) is 77.3 Å². The molecule has 1 N–H and O–H groups in total. The Balaban J connectivity index is 1.36. The molecule has 4 rings (SSSR count). The lowest BCUT2D eigenvalue weighted by Crippen LogP contribution is -2.17. The SMILES string of the molecule is C=C(C(=O)Oc1ccc(CC)cc1)c1ccc(Oc2ccc(/C=C3\SC(=O)NC3=O)cc2)cc1. The molecule has 6 nitrogen and oxygen atoms in total. The van der Waals surface area contributed by atoms with Crippen LogP contribution in [0.15, 0.2) is 84.3 Å². The molecule has 2 amide bonds. The molecule has 0 atom stereocenters. The molecule has 1 saturated heterocycles. The summed E-state index contributed by atoms with van der Waals surface area (Å²) in [5, 5.41) is 1.85. The van der Waals surface area contributed by atoms with Gasteiger partial charge in [0.2, 0.25) is 0 Å². The van der Waals surface area contributed by atoms with E-state index < -0.39 is 11.9 Å². The van der Waals surface area contributed by atoms with Crippen molar-refractivity contribution in [3.63, 3.8) is 0 Å². The fraction of sp³-hybridized carbons (Fsp3) is 0.0741. The molecule has 1 heterocycles. The zero-order valence-corrected chi connectivity index (χ0v) is 19.2. The van der Waals surface area contributed by atoms with Gasteiger partial charge in [0.15, 0.2) is 0 Å². The van der Waals surface area contributed by atoms with Crippen LogP contribution in [0.25, 0.3) is 11.6 Å². The first kappa shape index (κ1) is 23.1. The smallest absolute Gasteiger partial charge is 0.343 e. The van der Waals surface area contributed by atoms with Crippen molar-refractivity contribution >= 4 is 40.5 Å². The van der Waals surface area contributed by atoms with Gasteiger partial charge in [0.05, 0.1) is 10.5 Å². The predicted octanol–water partition coefficient (Wildman–Crippen LogP) is 5.98. The molecule has 0 bridgehead atoms. The van der Waals surface area contributed by atoms with Crippen LogP contribution in [0.1, 0.15) is 23.6 Å². The first-order chi connectivity index (χ1) is 16.4. The predicted molar refractivity (Wildman–Crippen MR) is 133 cm³/mol. The number of hydrogen-bond acceptors (Lipinski definition) is 6. The summed E-state index contributed by atoms with van der Waals surface area (Å²) < 4.78 is 11.3. The number of carbonyl (C=O) groups is 3. The lowest BCUT2D eigenvalue weighted by atomic mass is 10.1. The van der Waals surface area contributed by atoms with E-state index in [4.69, 9.17) is 9.47 Å². The Hall–Kier alpha value is -4.10. The summed E-state index contributed by atoms with van der Waals surface area (Å²) in [6, 6.07) is 21.5. The Morgan fingerprint density at radius 1 is 0.912 bits per heavy atom. The molecule has 0 unspecified atom stereocenters. The van der Waals surface area contributed by atoms with Gasteiger partial charge in [0.25, 0.3) is 11.1 Å². The van der Waals surface area contributed by atoms with E-state index in [0.29, 0.717) is 27.7 Å². The third kappa shape index (κ3) is 5.63. The van der Waals surface area contributed by atoms with Crippen molar-refractivity contribution in [3.05, 3.63) is 101 Å². The van der Waals surface area contributed by atoms with Crippen LogP contribution in [-0.4, -0.2) is 17.1 Å². The van der Waals surface area contributed by atoms with Crippen LogP contribution in [0.4, 0.5) is 4.79 Å². The topological polar surface area (TPSA) is 81.7 Å². The van der Waals surface area contributed by atoms with Crippen molar-refractivity contribution < 1.29 is 23.9 Å². The molecule has 0 aromatic heterocycles. The highest BCUT2D eigenvalue weighted by Crippen LogP contribution is 2.28. The minimum absolute atomic E-state index is 0.246. The molecule has 170 valence electrons. The summed E-state index contributed by atoms with van der Waals surface area (Å²) in [4.78, 5) is 35.7. The monoisotopic (exact) mass is 471 g/mol. The number of aryl methyl sites for hydroxylation is 1. The van der Waals surface area contributed by atoms with Crippen LogP contribution in [0, 0.1) is 0 Å². The molecule has 3 aromatic rings. The highest BCUT2D eigenvalue weighted by atomic mass is 32.2. The van der Waals surface area contributed by atoms with Crippen molar-refractivity contribution in [2.24, 2.45) is 0 Å². The quantitative estimate of drug-likeness (QED) is 0.259. The minimum atomic E-state index is -0.515. The standard InChI is InChI=1S/C27H21NO5S/c1-3-18-4-10-23(11-5-18)33-26(30)17(2)20-8-14-22(15-9-20)32-21-12-6-19(7-13-21)16-24-25(29)28-27(31)34-24/h4-16H,2-3H2,1H3,(H,28,29,31)/b24-16-. The third-order valence-corrected chi connectivity index (χ3v) is 5.86. The minimum Gasteiger partial charge on any atom is -0.457 e. The van der Waals surface area contributed by atoms with Gasteiger partial charge in [-0.1, -0.05) is 49.9 Å². The third-order valence-electron chi connectivity index (χ3n) is 5.05. The number of amides is 2. The number of carbonyl (C=O) groups excluding carboxylic acids is 3. The number of esters is 1. The molecule has 1 aliphatic heterocycles. The van der Waals surface area contributed by atoms with Crippen molar-refractivity contribution in [2.45, 2.75) is 13.3 Å². The Kier molecular flexibility index (Phi) is 6.94. The van der Waals surface area contributed by atoms with Gasteiger partial charge < -0.3 is 9.47 Å². The molecule has 0 spiro atoms. The molecule has 0 saturated carbocycles. The second-order valence-electron chi connectivity index (χ2n) is 7.41. The molecular formula is C27H21NO5S. The summed E-state index contributed by atoms with van der Waals surface area (Å²) in [7, 11) is 0. The fourth-order valence-electron chi connectivity index (χ4n) is 3.14. The van der Waals surface area contributed by atoms with Crippen LogP contribution < -0.4 is 14.8 Å². The van der Waals surface area contributed by atoms with E-state index in [-0.39, 0.29) is 10.8 Å². The van der Waals surface area contributed by atoms with Crippen molar-refractivity contribution in [1.29, 1.82) is 0 Å². The molecule has 1 aliphatic rings. The van der Waals surface area contributed by atoms with Gasteiger partial charge in [0, 0.05) is 0 Å². The van der Waals surface area contributed by atoms with E-state index in [2.05, 4.69) is 18.8 Å². The zero-order chi connectivity index (χ0) is 24.1. The highest BCUT2D eigenvalue weighted by Gasteiger charge is 2.24. The van der Waals surface area contributed by atoms with E-state index in [9.17, 15) is 14.4 Å². The average molecular weight is 472 g/mol. The maximum atomic E-state index is 12.4. The number of imide groups is 1. The second-order valence-corrected chi connectivity index (χ2v) is 8.43. The summed E-state index contributed by atoms with van der Waals surface area (Å²) in [5.41, 5.74) is 2.81. The summed E-state index contributed by atoms with van der Waals surface area (Å²) in [6.45, 7) is 5.92. The normalized spacial score (nSPS) is 14.1. The molecule has 1 fully saturated rings. The molecule has 0 aliphatic carbocycles. The number of rotatable bonds is 7. The van der Waals surface area contributed by atoms with Gasteiger partial charge in [0.1, 0.15) is 17.2 Å². The number of ether oxygens (including phenoxy) is 2. The van der Waals surface area contributed by atoms with Gasteiger partial charge in [-0.15, -0.1) is 0 Å². The van der Waals surface area contributed by atoms with E-state index in [0.717, 1.165) is 29.3 Å². The Morgan fingerprint density at radius 2 is 1.50 bits per heavy atom. The first-order valence-corrected chi connectivity index (χ1v) is 11.4. The molecule has 3 aromatic carbocycles.